The van der Waals surface area contributed by atoms with Crippen molar-refractivity contribution in [2.24, 2.45) is 4.99 Å². The van der Waals surface area contributed by atoms with Crippen LogP contribution >= 0.6 is 0 Å². The SMILES string of the molecule is CN=C(NCc1ccn(-c2ccc(OC)cc2)n1)NC1CCN(c2ccc(F)cc2F)C1. The van der Waals surface area contributed by atoms with Crippen molar-refractivity contribution in [2.75, 3.05) is 32.1 Å². The summed E-state index contributed by atoms with van der Waals surface area (Å²) in [5.74, 6) is 0.334. The fraction of sp³-hybridized carbons (Fsp3) is 0.304. The summed E-state index contributed by atoms with van der Waals surface area (Å²) < 4.78 is 34.2. The molecular weight excluding hydrogens is 414 g/mol. The van der Waals surface area contributed by atoms with E-state index in [9.17, 15) is 8.78 Å². The first-order valence-corrected chi connectivity index (χ1v) is 10.4. The summed E-state index contributed by atoms with van der Waals surface area (Å²) in [6.07, 6.45) is 2.73. The molecular formula is C23H26F2N6O. The Morgan fingerprint density at radius 3 is 2.72 bits per heavy atom. The van der Waals surface area contributed by atoms with Crippen molar-refractivity contribution in [2.45, 2.75) is 19.0 Å². The number of guanidine groups is 1. The number of benzene rings is 2. The predicted octanol–water partition coefficient (Wildman–Crippen LogP) is 3.10. The van der Waals surface area contributed by atoms with Gasteiger partial charge in [0.2, 0.25) is 0 Å². The van der Waals surface area contributed by atoms with Gasteiger partial charge in [-0.15, -0.1) is 0 Å². The fourth-order valence-electron chi connectivity index (χ4n) is 3.73. The van der Waals surface area contributed by atoms with E-state index in [0.29, 0.717) is 31.3 Å². The van der Waals surface area contributed by atoms with Gasteiger partial charge in [0, 0.05) is 38.4 Å². The molecule has 32 heavy (non-hydrogen) atoms. The molecule has 1 aliphatic rings. The lowest BCUT2D eigenvalue weighted by Crippen LogP contribution is -2.44. The highest BCUT2D eigenvalue weighted by Crippen LogP contribution is 2.24. The summed E-state index contributed by atoms with van der Waals surface area (Å²) in [7, 11) is 3.34. The molecule has 168 valence electrons. The van der Waals surface area contributed by atoms with Crippen LogP contribution in [0.5, 0.6) is 5.75 Å². The van der Waals surface area contributed by atoms with Gasteiger partial charge in [-0.1, -0.05) is 0 Å². The van der Waals surface area contributed by atoms with Crippen LogP contribution in [-0.2, 0) is 6.54 Å². The number of halogens is 2. The third kappa shape index (κ3) is 4.99. The molecule has 3 aromatic rings. The van der Waals surface area contributed by atoms with Gasteiger partial charge in [-0.3, -0.25) is 4.99 Å². The number of hydrogen-bond donors (Lipinski definition) is 2. The standard InChI is InChI=1S/C23H26F2N6O/c1-26-23(28-18-9-11-30(15-18)22-8-3-16(24)13-21(22)25)27-14-17-10-12-31(29-17)19-4-6-20(32-2)7-5-19/h3-8,10,12-13,18H,9,11,14-15H2,1-2H3,(H2,26,27,28). The first kappa shape index (κ1) is 21.6. The Bertz CT molecular complexity index is 1080. The van der Waals surface area contributed by atoms with Crippen LogP contribution in [-0.4, -0.2) is 49.0 Å². The third-order valence-corrected chi connectivity index (χ3v) is 5.42. The Hall–Kier alpha value is -3.62. The second kappa shape index (κ2) is 9.67. The van der Waals surface area contributed by atoms with E-state index in [-0.39, 0.29) is 6.04 Å². The number of nitrogens with zero attached hydrogens (tertiary/aromatic N) is 4. The minimum atomic E-state index is -0.570. The molecule has 1 aliphatic heterocycles. The molecule has 0 saturated carbocycles. The van der Waals surface area contributed by atoms with E-state index in [2.05, 4.69) is 20.7 Å². The molecule has 0 spiro atoms. The van der Waals surface area contributed by atoms with Gasteiger partial charge in [0.15, 0.2) is 5.96 Å². The number of nitrogens with one attached hydrogen (secondary N) is 2. The van der Waals surface area contributed by atoms with Gasteiger partial charge in [-0.2, -0.15) is 5.10 Å². The Kier molecular flexibility index (Phi) is 6.53. The van der Waals surface area contributed by atoms with Crippen molar-refractivity contribution in [1.29, 1.82) is 0 Å². The average Bonchev–Trinajstić information content (AvgIpc) is 3.46. The molecule has 9 heteroatoms. The summed E-state index contributed by atoms with van der Waals surface area (Å²) in [5, 5.41) is 11.2. The number of anilines is 1. The summed E-state index contributed by atoms with van der Waals surface area (Å²) in [6.45, 7) is 1.80. The fourth-order valence-corrected chi connectivity index (χ4v) is 3.73. The highest BCUT2D eigenvalue weighted by molar-refractivity contribution is 5.80. The van der Waals surface area contributed by atoms with Crippen molar-refractivity contribution in [3.05, 3.63) is 72.1 Å². The molecule has 0 aliphatic carbocycles. The van der Waals surface area contributed by atoms with Crippen LogP contribution in [0.2, 0.25) is 0 Å². The van der Waals surface area contributed by atoms with E-state index >= 15 is 0 Å². The van der Waals surface area contributed by atoms with Crippen LogP contribution in [0.1, 0.15) is 12.1 Å². The molecule has 2 N–H and O–H groups in total. The van der Waals surface area contributed by atoms with Crippen molar-refractivity contribution in [3.63, 3.8) is 0 Å². The molecule has 0 amide bonds. The van der Waals surface area contributed by atoms with Crippen LogP contribution in [0.3, 0.4) is 0 Å². The Balaban J connectivity index is 1.30. The minimum Gasteiger partial charge on any atom is -0.497 e. The van der Waals surface area contributed by atoms with Gasteiger partial charge in [0.1, 0.15) is 17.4 Å². The smallest absolute Gasteiger partial charge is 0.191 e. The number of aromatic nitrogens is 2. The normalized spacial score (nSPS) is 16.3. The van der Waals surface area contributed by atoms with E-state index in [0.717, 1.165) is 29.6 Å². The van der Waals surface area contributed by atoms with E-state index in [1.807, 2.05) is 41.4 Å². The topological polar surface area (TPSA) is 66.7 Å². The minimum absolute atomic E-state index is 0.0995. The van der Waals surface area contributed by atoms with Crippen molar-refractivity contribution >= 4 is 11.6 Å². The lowest BCUT2D eigenvalue weighted by atomic mass is 10.2. The summed E-state index contributed by atoms with van der Waals surface area (Å²) >= 11 is 0. The monoisotopic (exact) mass is 440 g/mol. The van der Waals surface area contributed by atoms with E-state index in [1.54, 1.807) is 18.8 Å². The van der Waals surface area contributed by atoms with Crippen molar-refractivity contribution < 1.29 is 13.5 Å². The molecule has 1 aromatic heterocycles. The molecule has 1 atom stereocenters. The lowest BCUT2D eigenvalue weighted by Gasteiger charge is -2.20. The molecule has 0 bridgehead atoms. The summed E-state index contributed by atoms with van der Waals surface area (Å²) in [5.41, 5.74) is 2.23. The number of hydrogen-bond acceptors (Lipinski definition) is 4. The number of aliphatic imine (C=N–C) groups is 1. The van der Waals surface area contributed by atoms with Crippen molar-refractivity contribution in [3.8, 4) is 11.4 Å². The molecule has 4 rings (SSSR count). The van der Waals surface area contributed by atoms with Crippen LogP contribution in [0.4, 0.5) is 14.5 Å². The lowest BCUT2D eigenvalue weighted by molar-refractivity contribution is 0.414. The number of methoxy groups -OCH3 is 1. The predicted molar refractivity (Wildman–Crippen MR) is 120 cm³/mol. The Morgan fingerprint density at radius 1 is 1.19 bits per heavy atom. The summed E-state index contributed by atoms with van der Waals surface area (Å²) in [4.78, 5) is 6.19. The van der Waals surface area contributed by atoms with Crippen LogP contribution in [0, 0.1) is 11.6 Å². The second-order valence-corrected chi connectivity index (χ2v) is 7.55. The molecule has 0 radical (unpaired) electrons. The van der Waals surface area contributed by atoms with E-state index in [4.69, 9.17) is 4.74 Å². The molecule has 2 aromatic carbocycles. The van der Waals surface area contributed by atoms with Crippen LogP contribution in [0.15, 0.2) is 59.7 Å². The van der Waals surface area contributed by atoms with Crippen molar-refractivity contribution in [1.82, 2.24) is 20.4 Å². The van der Waals surface area contributed by atoms with Crippen LogP contribution in [0.25, 0.3) is 5.69 Å². The Labute approximate surface area is 185 Å². The Morgan fingerprint density at radius 2 is 2.00 bits per heavy atom. The van der Waals surface area contributed by atoms with Gasteiger partial charge < -0.3 is 20.3 Å². The molecule has 7 nitrogen and oxygen atoms in total. The average molecular weight is 440 g/mol. The highest BCUT2D eigenvalue weighted by Gasteiger charge is 2.25. The quantitative estimate of drug-likeness (QED) is 0.456. The maximum Gasteiger partial charge on any atom is 0.191 e. The molecule has 1 fully saturated rings. The van der Waals surface area contributed by atoms with Gasteiger partial charge in [0.25, 0.3) is 0 Å². The van der Waals surface area contributed by atoms with Gasteiger partial charge in [-0.25, -0.2) is 13.5 Å². The molecule has 1 saturated heterocycles. The maximum absolute atomic E-state index is 14.1. The molecule has 1 unspecified atom stereocenters. The second-order valence-electron chi connectivity index (χ2n) is 7.55. The third-order valence-electron chi connectivity index (χ3n) is 5.42. The first-order valence-electron chi connectivity index (χ1n) is 10.4. The van der Waals surface area contributed by atoms with Crippen LogP contribution < -0.4 is 20.3 Å². The largest absolute Gasteiger partial charge is 0.497 e. The molecule has 2 heterocycles. The van der Waals surface area contributed by atoms with E-state index in [1.165, 1.54) is 12.1 Å². The number of rotatable bonds is 6. The number of ether oxygens (including phenoxy) is 1. The zero-order chi connectivity index (χ0) is 22.5. The maximum atomic E-state index is 14.1. The van der Waals surface area contributed by atoms with Gasteiger partial charge in [0.05, 0.1) is 30.7 Å². The van der Waals surface area contributed by atoms with Gasteiger partial charge >= 0.3 is 0 Å². The zero-order valence-electron chi connectivity index (χ0n) is 18.1. The highest BCUT2D eigenvalue weighted by atomic mass is 19.1. The first-order chi connectivity index (χ1) is 15.6. The zero-order valence-corrected chi connectivity index (χ0v) is 18.1. The van der Waals surface area contributed by atoms with E-state index < -0.39 is 11.6 Å². The summed E-state index contributed by atoms with van der Waals surface area (Å²) in [6, 6.07) is 13.4. The van der Waals surface area contributed by atoms with Gasteiger partial charge in [-0.05, 0) is 48.9 Å².